The van der Waals surface area contributed by atoms with E-state index >= 15 is 0 Å². The van der Waals surface area contributed by atoms with E-state index in [0.717, 1.165) is 11.4 Å². The second-order valence-corrected chi connectivity index (χ2v) is 14.9. The van der Waals surface area contributed by atoms with Crippen LogP contribution < -0.4 is 0 Å². The molecule has 9 aromatic carbocycles. The van der Waals surface area contributed by atoms with Gasteiger partial charge in [-0.15, -0.1) is 0 Å². The predicted octanol–water partition coefficient (Wildman–Crippen LogP) is 13.8. The lowest BCUT2D eigenvalue weighted by Crippen LogP contribution is -1.98. The van der Waals surface area contributed by atoms with Crippen molar-refractivity contribution in [2.24, 2.45) is 0 Å². The molecule has 3 heterocycles. The van der Waals surface area contributed by atoms with Gasteiger partial charge in [0.05, 0.1) is 33.1 Å². The third-order valence-corrected chi connectivity index (χ3v) is 12.1. The van der Waals surface area contributed by atoms with E-state index in [-0.39, 0.29) is 0 Å². The van der Waals surface area contributed by atoms with Gasteiger partial charge in [0.15, 0.2) is 0 Å². The van der Waals surface area contributed by atoms with Crippen molar-refractivity contribution in [3.8, 4) is 39.3 Å². The van der Waals surface area contributed by atoms with Crippen molar-refractivity contribution < 1.29 is 0 Å². The molecule has 0 unspecified atom stereocenters. The van der Waals surface area contributed by atoms with Gasteiger partial charge in [-0.1, -0.05) is 121 Å². The second kappa shape index (κ2) is 10.6. The first-order chi connectivity index (χ1) is 27.3. The predicted molar refractivity (Wildman–Crippen MR) is 231 cm³/mol. The summed E-state index contributed by atoms with van der Waals surface area (Å²) in [4.78, 5) is 0. The topological polar surface area (TPSA) is 14.8 Å². The third kappa shape index (κ3) is 3.79. The van der Waals surface area contributed by atoms with Gasteiger partial charge >= 0.3 is 0 Å². The molecule has 0 bridgehead atoms. The zero-order valence-corrected chi connectivity index (χ0v) is 29.7. The zero-order valence-electron chi connectivity index (χ0n) is 29.7. The second-order valence-electron chi connectivity index (χ2n) is 14.9. The summed E-state index contributed by atoms with van der Waals surface area (Å²) in [6.45, 7) is 0. The first-order valence-electron chi connectivity index (χ1n) is 19.0. The molecule has 55 heavy (non-hydrogen) atoms. The fraction of sp³-hybridized carbons (Fsp3) is 0. The van der Waals surface area contributed by atoms with Crippen LogP contribution in [-0.2, 0) is 0 Å². The van der Waals surface area contributed by atoms with Crippen molar-refractivity contribution >= 4 is 76.2 Å². The largest absolute Gasteiger partial charge is 0.309 e. The molecule has 0 aliphatic heterocycles. The lowest BCUT2D eigenvalue weighted by atomic mass is 10.0. The Balaban J connectivity index is 1.06. The number of hydrogen-bond acceptors (Lipinski definition) is 0. The molecule has 0 radical (unpaired) electrons. The number of nitrogens with zero attached hydrogens (tertiary/aromatic N) is 3. The molecule has 1 aliphatic rings. The molecule has 0 saturated carbocycles. The van der Waals surface area contributed by atoms with E-state index in [1.165, 1.54) is 104 Å². The molecule has 0 spiro atoms. The Labute approximate surface area is 316 Å². The van der Waals surface area contributed by atoms with Gasteiger partial charge in [-0.2, -0.15) is 0 Å². The van der Waals surface area contributed by atoms with Crippen LogP contribution >= 0.6 is 0 Å². The molecule has 3 nitrogen and oxygen atoms in total. The third-order valence-electron chi connectivity index (χ3n) is 12.1. The molecule has 0 amide bonds. The molecule has 3 heteroatoms. The number of aromatic nitrogens is 3. The number of para-hydroxylation sites is 4. The van der Waals surface area contributed by atoms with Crippen LogP contribution in [0, 0.1) is 0 Å². The fourth-order valence-electron chi connectivity index (χ4n) is 9.91. The Hall–Kier alpha value is -7.36. The lowest BCUT2D eigenvalue weighted by molar-refractivity contribution is 1.15. The van der Waals surface area contributed by atoms with E-state index < -0.39 is 0 Å². The average molecular weight is 698 g/mol. The van der Waals surface area contributed by atoms with Gasteiger partial charge in [0.25, 0.3) is 0 Å². The highest BCUT2D eigenvalue weighted by atomic mass is 15.0. The molecule has 0 fully saturated rings. The molecular formula is C52H31N3. The summed E-state index contributed by atoms with van der Waals surface area (Å²) in [6.07, 6.45) is 0. The smallest absolute Gasteiger partial charge is 0.0625 e. The highest BCUT2D eigenvalue weighted by Gasteiger charge is 2.27. The number of hydrogen-bond donors (Lipinski definition) is 0. The van der Waals surface area contributed by atoms with Crippen LogP contribution in [0.4, 0.5) is 0 Å². The Bertz CT molecular complexity index is 3570. The van der Waals surface area contributed by atoms with Crippen molar-refractivity contribution in [1.29, 1.82) is 0 Å². The Morgan fingerprint density at radius 2 is 0.764 bits per heavy atom. The normalized spacial score (nSPS) is 12.4. The minimum absolute atomic E-state index is 1.14. The lowest BCUT2D eigenvalue weighted by Gasteiger charge is -2.14. The standard InChI is InChI=1S/C52H31N3/c1-2-14-33(15-3-1)53-45-21-7-5-17-37(45)43-31-49-44(30-48(43)53)38-18-6-8-22-46(38)54(49)34-24-26-35(27-25-34)55-47-23-9-4-16-36(47)41-29-28-40-39-19-10-12-32-13-11-20-42(50(32)39)51(40)52(41)55/h1-31H. The first kappa shape index (κ1) is 29.1. The molecule has 3 aromatic heterocycles. The maximum atomic E-state index is 2.49. The summed E-state index contributed by atoms with van der Waals surface area (Å²) in [5.74, 6) is 0. The van der Waals surface area contributed by atoms with E-state index in [1.807, 2.05) is 0 Å². The SMILES string of the molecule is c1ccc(-n2c3ccccc3c3cc4c(cc32)c2ccccc2n4-c2ccc(-n3c4ccccc4c4ccc5c(c43)-c3cccc4cccc-5c34)cc2)cc1. The van der Waals surface area contributed by atoms with E-state index in [4.69, 9.17) is 0 Å². The average Bonchev–Trinajstić information content (AvgIpc) is 3.96. The van der Waals surface area contributed by atoms with Gasteiger partial charge in [-0.05, 0) is 94.2 Å². The Kier molecular flexibility index (Phi) is 5.63. The Morgan fingerprint density at radius 3 is 1.38 bits per heavy atom. The Morgan fingerprint density at radius 1 is 0.273 bits per heavy atom. The molecule has 13 rings (SSSR count). The van der Waals surface area contributed by atoms with E-state index in [1.54, 1.807) is 0 Å². The van der Waals surface area contributed by atoms with Crippen molar-refractivity contribution in [3.05, 3.63) is 188 Å². The fourth-order valence-corrected chi connectivity index (χ4v) is 9.91. The molecule has 254 valence electrons. The van der Waals surface area contributed by atoms with Crippen molar-refractivity contribution in [2.45, 2.75) is 0 Å². The van der Waals surface area contributed by atoms with Crippen LogP contribution in [0.1, 0.15) is 0 Å². The van der Waals surface area contributed by atoms with Crippen LogP contribution in [0.15, 0.2) is 188 Å². The first-order valence-corrected chi connectivity index (χ1v) is 19.0. The summed E-state index contributed by atoms with van der Waals surface area (Å²) in [5, 5.41) is 10.2. The van der Waals surface area contributed by atoms with E-state index in [0.29, 0.717) is 0 Å². The summed E-state index contributed by atoms with van der Waals surface area (Å²) >= 11 is 0. The van der Waals surface area contributed by atoms with Crippen LogP contribution in [0.5, 0.6) is 0 Å². The van der Waals surface area contributed by atoms with Gasteiger partial charge in [-0.3, -0.25) is 0 Å². The monoisotopic (exact) mass is 697 g/mol. The number of fused-ring (bicyclic) bond motifs is 13. The summed E-state index contributed by atoms with van der Waals surface area (Å²) in [6, 6.07) is 69.4. The van der Waals surface area contributed by atoms with Gasteiger partial charge < -0.3 is 13.7 Å². The van der Waals surface area contributed by atoms with Crippen LogP contribution in [0.2, 0.25) is 0 Å². The van der Waals surface area contributed by atoms with Crippen LogP contribution in [0.3, 0.4) is 0 Å². The van der Waals surface area contributed by atoms with Gasteiger partial charge in [0.2, 0.25) is 0 Å². The van der Waals surface area contributed by atoms with Gasteiger partial charge in [0, 0.05) is 54.9 Å². The van der Waals surface area contributed by atoms with Gasteiger partial charge in [-0.25, -0.2) is 0 Å². The summed E-state index contributed by atoms with van der Waals surface area (Å²) < 4.78 is 7.35. The molecule has 0 saturated heterocycles. The minimum Gasteiger partial charge on any atom is -0.309 e. The van der Waals surface area contributed by atoms with Crippen molar-refractivity contribution in [2.75, 3.05) is 0 Å². The maximum Gasteiger partial charge on any atom is 0.0625 e. The number of benzene rings is 9. The minimum atomic E-state index is 1.14. The van der Waals surface area contributed by atoms with Crippen LogP contribution in [0.25, 0.3) is 116 Å². The van der Waals surface area contributed by atoms with Crippen LogP contribution in [-0.4, -0.2) is 13.7 Å². The maximum absolute atomic E-state index is 2.49. The molecule has 12 aromatic rings. The van der Waals surface area contributed by atoms with E-state index in [2.05, 4.69) is 202 Å². The molecular weight excluding hydrogens is 667 g/mol. The highest BCUT2D eigenvalue weighted by Crippen LogP contribution is 2.52. The highest BCUT2D eigenvalue weighted by molar-refractivity contribution is 6.25. The quantitative estimate of drug-likeness (QED) is 0.175. The van der Waals surface area contributed by atoms with E-state index in [9.17, 15) is 0 Å². The molecule has 0 N–H and O–H groups in total. The summed E-state index contributed by atoms with van der Waals surface area (Å²) in [7, 11) is 0. The van der Waals surface area contributed by atoms with Crippen molar-refractivity contribution in [1.82, 2.24) is 13.7 Å². The molecule has 0 atom stereocenters. The molecule has 1 aliphatic carbocycles. The van der Waals surface area contributed by atoms with Crippen molar-refractivity contribution in [3.63, 3.8) is 0 Å². The zero-order chi connectivity index (χ0) is 35.8. The van der Waals surface area contributed by atoms with Gasteiger partial charge in [0.1, 0.15) is 0 Å². The number of rotatable bonds is 3. The summed E-state index contributed by atoms with van der Waals surface area (Å²) in [5.41, 5.74) is 16.1.